The Morgan fingerprint density at radius 2 is 1.63 bits per heavy atom. The molecule has 4 N–H and O–H groups in total. The van der Waals surface area contributed by atoms with Crippen LogP contribution in [0.25, 0.3) is 0 Å². The number of carboxylic acid groups (broad SMARTS) is 1. The Balaban J connectivity index is 1.63. The number of rotatable bonds is 2. The van der Waals surface area contributed by atoms with Gasteiger partial charge in [-0.3, -0.25) is 4.79 Å². The maximum Gasteiger partial charge on any atom is 0.310 e. The van der Waals surface area contributed by atoms with E-state index in [0.29, 0.717) is 25.2 Å². The molecule has 1 unspecified atom stereocenters. The highest BCUT2D eigenvalue weighted by molar-refractivity contribution is 5.76. The molecule has 5 rings (SSSR count). The fraction of sp³-hybridized carbons (Fsp3) is 0.900. The standard InChI is InChI=1S/C30H48O5/c1-25(2)11-13-30(24(34)35)14-12-28(5)18(19(30)15-25)7-8-21-26(3)10-9-22(33)27(4,17-31)23(26)20(32)16-29(21,28)6/h7,19-23,31-33H,8-17H2,1-6H3,(H,34,35)/t19-,20+,21+,22-,23?,26+,27+,28+,29+,30-/m0/s1. The SMILES string of the molecule is CC1(C)CC[C@]2(C(=O)O)CC[C@]3(C)C(=CC[C@@H]4[C@@]5(C)CC[C@H](O)[C@@](C)(CO)C5[C@H](O)C[C@]43C)[C@@H]2C1. The van der Waals surface area contributed by atoms with Crippen molar-refractivity contribution >= 4 is 5.97 Å². The van der Waals surface area contributed by atoms with Gasteiger partial charge in [0.2, 0.25) is 0 Å². The van der Waals surface area contributed by atoms with Crippen LogP contribution in [0.3, 0.4) is 0 Å². The lowest BCUT2D eigenvalue weighted by Crippen LogP contribution is -2.69. The summed E-state index contributed by atoms with van der Waals surface area (Å²) in [7, 11) is 0. The van der Waals surface area contributed by atoms with Gasteiger partial charge in [0.1, 0.15) is 0 Å². The molecule has 0 aromatic carbocycles. The van der Waals surface area contributed by atoms with E-state index in [1.165, 1.54) is 5.57 Å². The van der Waals surface area contributed by atoms with Crippen molar-refractivity contribution in [3.63, 3.8) is 0 Å². The summed E-state index contributed by atoms with van der Waals surface area (Å²) in [5.41, 5.74) is -0.397. The number of aliphatic carboxylic acids is 1. The minimum Gasteiger partial charge on any atom is -0.481 e. The van der Waals surface area contributed by atoms with Crippen molar-refractivity contribution in [3.05, 3.63) is 11.6 Å². The molecular formula is C30H48O5. The van der Waals surface area contributed by atoms with Crippen LogP contribution < -0.4 is 0 Å². The van der Waals surface area contributed by atoms with E-state index in [0.717, 1.165) is 38.5 Å². The molecule has 5 aliphatic rings. The number of carbonyl (C=O) groups is 1. The molecule has 0 aliphatic heterocycles. The Kier molecular flexibility index (Phi) is 5.56. The fourth-order valence-electron chi connectivity index (χ4n) is 10.8. The van der Waals surface area contributed by atoms with Crippen molar-refractivity contribution in [1.29, 1.82) is 0 Å². The summed E-state index contributed by atoms with van der Waals surface area (Å²) in [6.45, 7) is 13.5. The van der Waals surface area contributed by atoms with Crippen LogP contribution in [0.15, 0.2) is 11.6 Å². The fourth-order valence-corrected chi connectivity index (χ4v) is 10.8. The number of carboxylic acids is 1. The molecule has 0 spiro atoms. The van der Waals surface area contributed by atoms with Crippen molar-refractivity contribution in [2.75, 3.05) is 6.61 Å². The zero-order chi connectivity index (χ0) is 25.8. The van der Waals surface area contributed by atoms with Gasteiger partial charge in [-0.05, 0) is 91.3 Å². The molecule has 0 aromatic rings. The van der Waals surface area contributed by atoms with Gasteiger partial charge in [0, 0.05) is 11.3 Å². The van der Waals surface area contributed by atoms with Crippen LogP contribution in [0.4, 0.5) is 0 Å². The molecule has 0 radical (unpaired) electrons. The highest BCUT2D eigenvalue weighted by atomic mass is 16.4. The average Bonchev–Trinajstić information content (AvgIpc) is 2.76. The predicted molar refractivity (Wildman–Crippen MR) is 135 cm³/mol. The number of allylic oxidation sites excluding steroid dienone is 2. The summed E-state index contributed by atoms with van der Waals surface area (Å²) in [4.78, 5) is 12.8. The Labute approximate surface area is 211 Å². The molecule has 5 heteroatoms. The summed E-state index contributed by atoms with van der Waals surface area (Å²) in [6, 6.07) is 0. The van der Waals surface area contributed by atoms with Gasteiger partial charge in [0.15, 0.2) is 0 Å². The van der Waals surface area contributed by atoms with Crippen LogP contribution in [-0.4, -0.2) is 45.2 Å². The number of hydrogen-bond acceptors (Lipinski definition) is 4. The quantitative estimate of drug-likeness (QED) is 0.402. The zero-order valence-corrected chi connectivity index (χ0v) is 22.7. The molecule has 0 bridgehead atoms. The van der Waals surface area contributed by atoms with Gasteiger partial charge in [-0.15, -0.1) is 0 Å². The van der Waals surface area contributed by atoms with Crippen LogP contribution in [-0.2, 0) is 4.79 Å². The number of hydrogen-bond donors (Lipinski definition) is 4. The van der Waals surface area contributed by atoms with E-state index in [4.69, 9.17) is 0 Å². The van der Waals surface area contributed by atoms with Crippen LogP contribution in [0, 0.1) is 50.2 Å². The first-order chi connectivity index (χ1) is 16.1. The van der Waals surface area contributed by atoms with Crippen molar-refractivity contribution in [2.45, 2.75) is 112 Å². The van der Waals surface area contributed by atoms with Gasteiger partial charge < -0.3 is 20.4 Å². The van der Waals surface area contributed by atoms with Crippen molar-refractivity contribution in [2.24, 2.45) is 50.2 Å². The smallest absolute Gasteiger partial charge is 0.310 e. The number of aliphatic hydroxyl groups is 3. The van der Waals surface area contributed by atoms with Gasteiger partial charge in [-0.25, -0.2) is 0 Å². The van der Waals surface area contributed by atoms with E-state index >= 15 is 0 Å². The minimum atomic E-state index is -0.711. The molecule has 4 saturated carbocycles. The topological polar surface area (TPSA) is 98.0 Å². The van der Waals surface area contributed by atoms with Crippen molar-refractivity contribution in [1.82, 2.24) is 0 Å². The molecule has 0 heterocycles. The van der Waals surface area contributed by atoms with E-state index < -0.39 is 29.0 Å². The summed E-state index contributed by atoms with van der Waals surface area (Å²) >= 11 is 0. The molecular weight excluding hydrogens is 440 g/mol. The first-order valence-corrected chi connectivity index (χ1v) is 14.0. The molecule has 0 aromatic heterocycles. The third kappa shape index (κ3) is 3.07. The van der Waals surface area contributed by atoms with Gasteiger partial charge >= 0.3 is 5.97 Å². The van der Waals surface area contributed by atoms with Crippen molar-refractivity contribution in [3.8, 4) is 0 Å². The minimum absolute atomic E-state index is 0.0545. The third-order valence-electron chi connectivity index (χ3n) is 13.1. The first-order valence-electron chi connectivity index (χ1n) is 14.0. The van der Waals surface area contributed by atoms with Crippen molar-refractivity contribution < 1.29 is 25.2 Å². The first kappa shape index (κ1) is 25.7. The predicted octanol–water partition coefficient (Wildman–Crippen LogP) is 5.18. The molecule has 4 fully saturated rings. The van der Waals surface area contributed by atoms with E-state index in [9.17, 15) is 25.2 Å². The third-order valence-corrected chi connectivity index (χ3v) is 13.1. The lowest BCUT2D eigenvalue weighted by Gasteiger charge is -2.72. The Morgan fingerprint density at radius 3 is 2.26 bits per heavy atom. The Morgan fingerprint density at radius 1 is 0.971 bits per heavy atom. The monoisotopic (exact) mass is 488 g/mol. The molecule has 35 heavy (non-hydrogen) atoms. The van der Waals surface area contributed by atoms with Gasteiger partial charge in [0.05, 0.1) is 24.2 Å². The molecule has 5 nitrogen and oxygen atoms in total. The zero-order valence-electron chi connectivity index (χ0n) is 22.7. The average molecular weight is 489 g/mol. The molecule has 0 amide bonds. The molecule has 10 atom stereocenters. The highest BCUT2D eigenvalue weighted by Gasteiger charge is 2.71. The van der Waals surface area contributed by atoms with Gasteiger partial charge in [-0.1, -0.05) is 53.2 Å². The maximum atomic E-state index is 12.8. The maximum absolute atomic E-state index is 12.8. The van der Waals surface area contributed by atoms with E-state index in [1.807, 2.05) is 6.92 Å². The Bertz CT molecular complexity index is 941. The van der Waals surface area contributed by atoms with Crippen LogP contribution in [0.2, 0.25) is 0 Å². The second kappa shape index (κ2) is 7.57. The van der Waals surface area contributed by atoms with Crippen LogP contribution in [0.1, 0.15) is 99.3 Å². The summed E-state index contributed by atoms with van der Waals surface area (Å²) in [6.07, 6.45) is 8.44. The number of fused-ring (bicyclic) bond motifs is 7. The van der Waals surface area contributed by atoms with Crippen LogP contribution >= 0.6 is 0 Å². The molecule has 0 saturated heterocycles. The van der Waals surface area contributed by atoms with E-state index in [1.54, 1.807) is 0 Å². The highest BCUT2D eigenvalue weighted by Crippen LogP contribution is 2.75. The lowest BCUT2D eigenvalue weighted by molar-refractivity contribution is -0.252. The summed E-state index contributed by atoms with van der Waals surface area (Å²) in [5.74, 6) is -0.400. The normalized spacial score (nSPS) is 55.0. The Hall–Kier alpha value is -0.910. The van der Waals surface area contributed by atoms with Gasteiger partial charge in [0.25, 0.3) is 0 Å². The molecule has 198 valence electrons. The van der Waals surface area contributed by atoms with E-state index in [2.05, 4.69) is 40.7 Å². The summed E-state index contributed by atoms with van der Waals surface area (Å²) in [5, 5.41) is 43.6. The van der Waals surface area contributed by atoms with E-state index in [-0.39, 0.29) is 40.1 Å². The number of aliphatic hydroxyl groups excluding tert-OH is 3. The second-order valence-corrected chi connectivity index (χ2v) is 15.1. The summed E-state index contributed by atoms with van der Waals surface area (Å²) < 4.78 is 0. The van der Waals surface area contributed by atoms with Crippen LogP contribution in [0.5, 0.6) is 0 Å². The van der Waals surface area contributed by atoms with Gasteiger partial charge in [-0.2, -0.15) is 0 Å². The molecule has 5 aliphatic carbocycles. The largest absolute Gasteiger partial charge is 0.481 e. The second-order valence-electron chi connectivity index (χ2n) is 15.1. The lowest BCUT2D eigenvalue weighted by atomic mass is 9.33.